The summed E-state index contributed by atoms with van der Waals surface area (Å²) in [5.74, 6) is -8.33. The van der Waals surface area contributed by atoms with E-state index < -0.39 is 117 Å². The van der Waals surface area contributed by atoms with Crippen LogP contribution in [0.2, 0.25) is 0 Å². The Morgan fingerprint density at radius 2 is 1.69 bits per heavy atom. The van der Waals surface area contributed by atoms with Crippen LogP contribution in [0, 0.1) is 23.3 Å². The zero-order valence-corrected chi connectivity index (χ0v) is 26.9. The number of aliphatic hydroxyl groups is 1. The SMILES string of the molecule is CC(C1CCC(F)(F)CC1)C1CC(=O)C(N(C(=O)[C@H]2C[C@@](C)(O)CN2C#N)c2ccc(S(F)(F)(F)(F)F)cc2)(C(F)(F)F)c2cccnc21. The third-order valence-corrected chi connectivity index (χ3v) is 11.1. The molecule has 1 aliphatic heterocycles. The van der Waals surface area contributed by atoms with E-state index >= 15 is 13.2 Å². The van der Waals surface area contributed by atoms with E-state index in [4.69, 9.17) is 0 Å². The van der Waals surface area contributed by atoms with Gasteiger partial charge in [0.2, 0.25) is 11.5 Å². The summed E-state index contributed by atoms with van der Waals surface area (Å²) in [6.45, 7) is 2.26. The van der Waals surface area contributed by atoms with Gasteiger partial charge in [-0.15, -0.1) is 0 Å². The number of benzene rings is 1. The Morgan fingerprint density at radius 3 is 2.22 bits per heavy atom. The number of β-amino-alcohol motifs (C(OH)–C–C–N with tert-alkyl or cyclic N) is 1. The first-order valence-electron chi connectivity index (χ1n) is 15.2. The van der Waals surface area contributed by atoms with E-state index in [0.29, 0.717) is 4.90 Å². The van der Waals surface area contributed by atoms with Gasteiger partial charge in [0.1, 0.15) is 10.9 Å². The van der Waals surface area contributed by atoms with Crippen molar-refractivity contribution in [2.24, 2.45) is 11.8 Å². The number of nitriles is 1. The van der Waals surface area contributed by atoms with Crippen LogP contribution in [0.1, 0.15) is 69.5 Å². The standard InChI is InChI=1S/C31H32F10N4O3S/c1-18(19-9-11-29(32,33)12-10-19)22-14-25(46)30(31(34,35)36,23-4-3-13-43-26(22)23)45(27(47)24-15-28(2,48)16-44(24)17-42)20-5-7-21(8-6-20)49(37,38,39,40)41/h3-8,13,18-19,22,24,48H,9-12,14-16H2,1-2H3/t18?,22?,24-,28-,30?/m1/s1. The molecule has 1 aromatic heterocycles. The zero-order chi connectivity index (χ0) is 36.7. The zero-order valence-electron chi connectivity index (χ0n) is 26.0. The highest BCUT2D eigenvalue weighted by Crippen LogP contribution is 3.02. The van der Waals surface area contributed by atoms with Gasteiger partial charge >= 0.3 is 16.4 Å². The predicted octanol–water partition coefficient (Wildman–Crippen LogP) is 8.35. The largest absolute Gasteiger partial charge is 0.423 e. The minimum Gasteiger partial charge on any atom is -0.388 e. The molecule has 1 N–H and O–H groups in total. The fraction of sp³-hybridized carbons (Fsp3) is 0.548. The number of ketones is 1. The Labute approximate surface area is 274 Å². The third kappa shape index (κ3) is 6.55. The molecule has 3 aliphatic rings. The quantitative estimate of drug-likeness (QED) is 0.237. The number of nitrogens with zero attached hydrogens (tertiary/aromatic N) is 4. The van der Waals surface area contributed by atoms with Crippen molar-refractivity contribution < 1.29 is 56.1 Å². The summed E-state index contributed by atoms with van der Waals surface area (Å²) in [6, 6.07) is 0.0826. The van der Waals surface area contributed by atoms with Gasteiger partial charge in [0.05, 0.1) is 17.8 Å². The van der Waals surface area contributed by atoms with E-state index in [9.17, 15) is 48.2 Å². The van der Waals surface area contributed by atoms with Gasteiger partial charge in [-0.1, -0.05) is 32.4 Å². The minimum atomic E-state index is -10.4. The first-order valence-corrected chi connectivity index (χ1v) is 17.2. The lowest BCUT2D eigenvalue weighted by Crippen LogP contribution is -2.67. The maximum absolute atomic E-state index is 15.9. The molecule has 5 rings (SSSR count). The molecule has 0 spiro atoms. The van der Waals surface area contributed by atoms with Gasteiger partial charge in [-0.2, -0.15) is 18.4 Å². The summed E-state index contributed by atoms with van der Waals surface area (Å²) in [5, 5.41) is 20.3. The molecule has 49 heavy (non-hydrogen) atoms. The Kier molecular flexibility index (Phi) is 8.20. The molecular weight excluding hydrogens is 698 g/mol. The fourth-order valence-corrected chi connectivity index (χ4v) is 8.18. The second kappa shape index (κ2) is 11.0. The van der Waals surface area contributed by atoms with Gasteiger partial charge in [-0.25, -0.2) is 8.78 Å². The van der Waals surface area contributed by atoms with Gasteiger partial charge in [0.25, 0.3) is 5.91 Å². The van der Waals surface area contributed by atoms with E-state index in [1.807, 2.05) is 0 Å². The lowest BCUT2D eigenvalue weighted by Gasteiger charge is -2.49. The summed E-state index contributed by atoms with van der Waals surface area (Å²) in [6.07, 6.45) is -5.47. The maximum Gasteiger partial charge on any atom is 0.423 e. The highest BCUT2D eigenvalue weighted by Gasteiger charge is 2.71. The first-order chi connectivity index (χ1) is 22.2. The predicted molar refractivity (Wildman–Crippen MR) is 157 cm³/mol. The molecule has 18 heteroatoms. The lowest BCUT2D eigenvalue weighted by atomic mass is 9.64. The van der Waals surface area contributed by atoms with E-state index in [-0.39, 0.29) is 47.7 Å². The summed E-state index contributed by atoms with van der Waals surface area (Å²) >= 11 is 0. The number of halogens is 10. The second-order valence-electron chi connectivity index (χ2n) is 13.5. The Balaban J connectivity index is 1.74. The summed E-state index contributed by atoms with van der Waals surface area (Å²) < 4.78 is 144. The molecule has 1 saturated carbocycles. The van der Waals surface area contributed by atoms with Crippen LogP contribution in [0.3, 0.4) is 0 Å². The molecule has 0 radical (unpaired) electrons. The molecule has 1 saturated heterocycles. The monoisotopic (exact) mass is 730 g/mol. The summed E-state index contributed by atoms with van der Waals surface area (Å²) in [7, 11) is -10.4. The molecule has 2 fully saturated rings. The van der Waals surface area contributed by atoms with Crippen molar-refractivity contribution in [2.75, 3.05) is 11.4 Å². The first kappa shape index (κ1) is 36.7. The summed E-state index contributed by atoms with van der Waals surface area (Å²) in [4.78, 5) is 30.9. The smallest absolute Gasteiger partial charge is 0.388 e. The number of anilines is 1. The van der Waals surface area contributed by atoms with Gasteiger partial charge in [0, 0.05) is 49.0 Å². The van der Waals surface area contributed by atoms with E-state index in [1.54, 1.807) is 13.1 Å². The second-order valence-corrected chi connectivity index (χ2v) is 15.9. The highest BCUT2D eigenvalue weighted by atomic mass is 32.5. The van der Waals surface area contributed by atoms with Crippen LogP contribution in [-0.4, -0.2) is 57.0 Å². The molecule has 2 heterocycles. The number of hydrogen-bond acceptors (Lipinski definition) is 6. The number of hydrogen-bond donors (Lipinski definition) is 1. The average molecular weight is 731 g/mol. The number of likely N-dealkylation sites (tertiary alicyclic amines) is 1. The molecule has 1 amide bonds. The van der Waals surface area contributed by atoms with Crippen LogP contribution in [0.15, 0.2) is 47.5 Å². The van der Waals surface area contributed by atoms with Crippen molar-refractivity contribution in [3.63, 3.8) is 0 Å². The van der Waals surface area contributed by atoms with Crippen LogP contribution in [0.25, 0.3) is 0 Å². The summed E-state index contributed by atoms with van der Waals surface area (Å²) in [5.41, 5.74) is -7.99. The van der Waals surface area contributed by atoms with Crippen molar-refractivity contribution >= 4 is 27.6 Å². The van der Waals surface area contributed by atoms with Crippen LogP contribution in [0.5, 0.6) is 0 Å². The minimum absolute atomic E-state index is 0.0140. The number of rotatable bonds is 6. The Bertz CT molecular complexity index is 1690. The lowest BCUT2D eigenvalue weighted by molar-refractivity contribution is -0.198. The van der Waals surface area contributed by atoms with Crippen LogP contribution >= 0.6 is 10.2 Å². The molecule has 5 atom stereocenters. The van der Waals surface area contributed by atoms with Crippen LogP contribution in [-0.2, 0) is 15.1 Å². The van der Waals surface area contributed by atoms with Gasteiger partial charge in [-0.05, 0) is 61.9 Å². The highest BCUT2D eigenvalue weighted by molar-refractivity contribution is 8.45. The van der Waals surface area contributed by atoms with Crippen molar-refractivity contribution in [3.05, 3.63) is 53.9 Å². The molecule has 2 aromatic rings. The van der Waals surface area contributed by atoms with Crippen LogP contribution < -0.4 is 4.90 Å². The number of alkyl halides is 5. The molecule has 0 bridgehead atoms. The van der Waals surface area contributed by atoms with E-state index in [0.717, 1.165) is 18.3 Å². The van der Waals surface area contributed by atoms with Gasteiger partial charge < -0.3 is 5.11 Å². The molecule has 270 valence electrons. The van der Waals surface area contributed by atoms with Crippen molar-refractivity contribution in [1.82, 2.24) is 9.88 Å². The van der Waals surface area contributed by atoms with Crippen molar-refractivity contribution in [1.29, 1.82) is 5.26 Å². The number of fused-ring (bicyclic) bond motifs is 1. The van der Waals surface area contributed by atoms with E-state index in [2.05, 4.69) is 4.98 Å². The Morgan fingerprint density at radius 1 is 1.10 bits per heavy atom. The number of pyridine rings is 1. The van der Waals surface area contributed by atoms with E-state index in [1.165, 1.54) is 6.92 Å². The average Bonchev–Trinajstić information content (AvgIpc) is 3.30. The normalized spacial score (nSPS) is 29.7. The number of aromatic nitrogens is 1. The Hall–Kier alpha value is -3.59. The number of carbonyl (C=O) groups excluding carboxylic acids is 2. The maximum atomic E-state index is 15.9. The van der Waals surface area contributed by atoms with Crippen molar-refractivity contribution in [2.45, 2.75) is 92.5 Å². The number of carbonyl (C=O) groups is 2. The topological polar surface area (TPSA) is 97.5 Å². The number of Topliss-reactive ketones (excluding diaryl/α,β-unsaturated/α-hetero) is 1. The third-order valence-electron chi connectivity index (χ3n) is 9.97. The molecule has 7 nitrogen and oxygen atoms in total. The number of amides is 1. The molecule has 2 aliphatic carbocycles. The van der Waals surface area contributed by atoms with Crippen molar-refractivity contribution in [3.8, 4) is 6.19 Å². The molecule has 1 aromatic carbocycles. The molecule has 3 unspecified atom stereocenters. The van der Waals surface area contributed by atoms with Gasteiger partial charge in [0.15, 0.2) is 12.0 Å². The van der Waals surface area contributed by atoms with Gasteiger partial charge in [-0.3, -0.25) is 24.4 Å². The van der Waals surface area contributed by atoms with Crippen LogP contribution in [0.4, 0.5) is 47.1 Å². The molecular formula is C31H32F10N4O3S. The fourth-order valence-electron chi connectivity index (χ4n) is 7.53.